The minimum Gasteiger partial charge on any atom is -0.320 e. The van der Waals surface area contributed by atoms with Crippen molar-refractivity contribution in [2.24, 2.45) is 5.73 Å². The second-order valence-corrected chi connectivity index (χ2v) is 6.67. The van der Waals surface area contributed by atoms with Gasteiger partial charge in [-0.2, -0.15) is 0 Å². The van der Waals surface area contributed by atoms with Crippen molar-refractivity contribution in [2.45, 2.75) is 6.04 Å². The van der Waals surface area contributed by atoms with Gasteiger partial charge in [0.1, 0.15) is 0 Å². The summed E-state index contributed by atoms with van der Waals surface area (Å²) >= 11 is 3.54. The molecule has 0 aliphatic carbocycles. The molecule has 0 saturated heterocycles. The van der Waals surface area contributed by atoms with E-state index in [4.69, 9.17) is 5.73 Å². The molecule has 4 rings (SSSR count). The van der Waals surface area contributed by atoms with Gasteiger partial charge in [-0.25, -0.2) is 0 Å². The van der Waals surface area contributed by atoms with Gasteiger partial charge in [0.15, 0.2) is 0 Å². The smallest absolute Gasteiger partial charge is 0.0580 e. The van der Waals surface area contributed by atoms with Crippen molar-refractivity contribution in [1.82, 2.24) is 0 Å². The predicted octanol–water partition coefficient (Wildman–Crippen LogP) is 5.16. The van der Waals surface area contributed by atoms with Crippen LogP contribution in [0.1, 0.15) is 17.2 Å². The molecule has 0 amide bonds. The Kier molecular flexibility index (Phi) is 2.84. The molecule has 4 aromatic rings. The molecule has 0 atom stereocenters. The average Bonchev–Trinajstić information content (AvgIpc) is 3.11. The van der Waals surface area contributed by atoms with Gasteiger partial charge in [0.2, 0.25) is 0 Å². The van der Waals surface area contributed by atoms with E-state index >= 15 is 0 Å². The fourth-order valence-electron chi connectivity index (χ4n) is 2.65. The van der Waals surface area contributed by atoms with Crippen molar-refractivity contribution in [3.8, 4) is 0 Å². The molecule has 0 aliphatic rings. The van der Waals surface area contributed by atoms with Crippen LogP contribution in [0.2, 0.25) is 0 Å². The van der Waals surface area contributed by atoms with Crippen LogP contribution in [0.4, 0.5) is 0 Å². The zero-order valence-electron chi connectivity index (χ0n) is 10.7. The quantitative estimate of drug-likeness (QED) is 0.543. The molecule has 0 aliphatic heterocycles. The number of hydrogen-bond acceptors (Lipinski definition) is 3. The highest BCUT2D eigenvalue weighted by Crippen LogP contribution is 2.36. The first-order valence-electron chi connectivity index (χ1n) is 6.52. The number of rotatable bonds is 2. The Labute approximate surface area is 125 Å². The molecular weight excluding hydrogens is 282 g/mol. The minimum absolute atomic E-state index is 0.0534. The Hall–Kier alpha value is -1.68. The molecule has 0 saturated carbocycles. The molecule has 0 bridgehead atoms. The molecule has 0 radical (unpaired) electrons. The van der Waals surface area contributed by atoms with Crippen LogP contribution >= 0.6 is 22.7 Å². The predicted molar refractivity (Wildman–Crippen MR) is 89.7 cm³/mol. The number of benzene rings is 2. The zero-order chi connectivity index (χ0) is 13.5. The van der Waals surface area contributed by atoms with Crippen molar-refractivity contribution in [3.05, 3.63) is 70.4 Å². The van der Waals surface area contributed by atoms with Gasteiger partial charge in [-0.15, -0.1) is 22.7 Å². The molecule has 3 heteroatoms. The SMILES string of the molecule is NC(c1csc2ccccc12)c1csc2ccccc12. The number of thiophene rings is 2. The molecule has 1 nitrogen and oxygen atoms in total. The van der Waals surface area contributed by atoms with E-state index in [0.29, 0.717) is 0 Å². The maximum atomic E-state index is 6.55. The summed E-state index contributed by atoms with van der Waals surface area (Å²) in [5, 5.41) is 6.95. The van der Waals surface area contributed by atoms with E-state index in [1.165, 1.54) is 31.3 Å². The van der Waals surface area contributed by atoms with Crippen LogP contribution in [-0.2, 0) is 0 Å². The second-order valence-electron chi connectivity index (χ2n) is 4.85. The summed E-state index contributed by atoms with van der Waals surface area (Å²) in [5.74, 6) is 0. The largest absolute Gasteiger partial charge is 0.320 e. The Morgan fingerprint density at radius 1 is 0.700 bits per heavy atom. The van der Waals surface area contributed by atoms with Crippen LogP contribution in [-0.4, -0.2) is 0 Å². The van der Waals surface area contributed by atoms with Gasteiger partial charge in [-0.05, 0) is 44.8 Å². The van der Waals surface area contributed by atoms with Crippen molar-refractivity contribution in [3.63, 3.8) is 0 Å². The van der Waals surface area contributed by atoms with Crippen molar-refractivity contribution in [2.75, 3.05) is 0 Å². The summed E-state index contributed by atoms with van der Waals surface area (Å²) in [5.41, 5.74) is 9.01. The van der Waals surface area contributed by atoms with Crippen LogP contribution in [0, 0.1) is 0 Å². The van der Waals surface area contributed by atoms with Crippen molar-refractivity contribution < 1.29 is 0 Å². The summed E-state index contributed by atoms with van der Waals surface area (Å²) in [6, 6.07) is 16.9. The first kappa shape index (κ1) is 12.1. The minimum atomic E-state index is -0.0534. The van der Waals surface area contributed by atoms with Crippen LogP contribution in [0.3, 0.4) is 0 Å². The first-order valence-corrected chi connectivity index (χ1v) is 8.28. The molecule has 2 aromatic carbocycles. The summed E-state index contributed by atoms with van der Waals surface area (Å²) in [6.07, 6.45) is 0. The van der Waals surface area contributed by atoms with E-state index in [0.717, 1.165) is 0 Å². The molecule has 0 fully saturated rings. The third-order valence-electron chi connectivity index (χ3n) is 3.69. The highest BCUT2D eigenvalue weighted by molar-refractivity contribution is 7.17. The Balaban J connectivity index is 1.90. The molecule has 98 valence electrons. The lowest BCUT2D eigenvalue weighted by molar-refractivity contribution is 0.899. The van der Waals surface area contributed by atoms with E-state index in [1.54, 1.807) is 22.7 Å². The maximum Gasteiger partial charge on any atom is 0.0580 e. The Morgan fingerprint density at radius 2 is 1.15 bits per heavy atom. The van der Waals surface area contributed by atoms with Gasteiger partial charge in [0.25, 0.3) is 0 Å². The van der Waals surface area contributed by atoms with Gasteiger partial charge in [0, 0.05) is 9.40 Å². The molecular formula is C17H13NS2. The van der Waals surface area contributed by atoms with Crippen LogP contribution < -0.4 is 5.73 Å². The third-order valence-corrected chi connectivity index (χ3v) is 5.66. The average molecular weight is 295 g/mol. The second kappa shape index (κ2) is 4.70. The van der Waals surface area contributed by atoms with E-state index < -0.39 is 0 Å². The van der Waals surface area contributed by atoms with Gasteiger partial charge < -0.3 is 5.73 Å². The Bertz CT molecular complexity index is 814. The monoisotopic (exact) mass is 295 g/mol. The van der Waals surface area contributed by atoms with Gasteiger partial charge in [0.05, 0.1) is 6.04 Å². The summed E-state index contributed by atoms with van der Waals surface area (Å²) in [7, 11) is 0. The molecule has 0 unspecified atom stereocenters. The zero-order valence-corrected chi connectivity index (χ0v) is 12.4. The summed E-state index contributed by atoms with van der Waals surface area (Å²) < 4.78 is 2.61. The number of hydrogen-bond donors (Lipinski definition) is 1. The molecule has 0 spiro atoms. The highest BCUT2D eigenvalue weighted by Gasteiger charge is 2.17. The van der Waals surface area contributed by atoms with Crippen LogP contribution in [0.5, 0.6) is 0 Å². The highest BCUT2D eigenvalue weighted by atomic mass is 32.1. The number of nitrogens with two attached hydrogens (primary N) is 1. The lowest BCUT2D eigenvalue weighted by atomic mass is 9.99. The topological polar surface area (TPSA) is 26.0 Å². The fraction of sp³-hybridized carbons (Fsp3) is 0.0588. The molecule has 20 heavy (non-hydrogen) atoms. The number of fused-ring (bicyclic) bond motifs is 2. The first-order chi connectivity index (χ1) is 9.84. The van der Waals surface area contributed by atoms with E-state index in [9.17, 15) is 0 Å². The molecule has 2 aromatic heterocycles. The molecule has 2 heterocycles. The van der Waals surface area contributed by atoms with Crippen molar-refractivity contribution in [1.29, 1.82) is 0 Å². The van der Waals surface area contributed by atoms with Crippen molar-refractivity contribution >= 4 is 42.8 Å². The standard InChI is InChI=1S/C17H13NS2/c18-17(13-9-19-15-7-3-1-5-11(13)15)14-10-20-16-8-4-2-6-12(14)16/h1-10,17H,18H2. The van der Waals surface area contributed by atoms with Gasteiger partial charge >= 0.3 is 0 Å². The van der Waals surface area contributed by atoms with E-state index in [2.05, 4.69) is 59.3 Å². The summed E-state index contributed by atoms with van der Waals surface area (Å²) in [4.78, 5) is 0. The molecule has 2 N–H and O–H groups in total. The van der Waals surface area contributed by atoms with Gasteiger partial charge in [-0.3, -0.25) is 0 Å². The normalized spacial score (nSPS) is 11.7. The lowest BCUT2D eigenvalue weighted by Gasteiger charge is -2.10. The van der Waals surface area contributed by atoms with E-state index in [1.807, 2.05) is 0 Å². The lowest BCUT2D eigenvalue weighted by Crippen LogP contribution is -2.10. The van der Waals surface area contributed by atoms with E-state index in [-0.39, 0.29) is 6.04 Å². The van der Waals surface area contributed by atoms with Crippen LogP contribution in [0.15, 0.2) is 59.3 Å². The summed E-state index contributed by atoms with van der Waals surface area (Å²) in [6.45, 7) is 0. The maximum absolute atomic E-state index is 6.55. The van der Waals surface area contributed by atoms with Gasteiger partial charge in [-0.1, -0.05) is 36.4 Å². The third kappa shape index (κ3) is 1.79. The van der Waals surface area contributed by atoms with Crippen LogP contribution in [0.25, 0.3) is 20.2 Å². The Morgan fingerprint density at radius 3 is 1.65 bits per heavy atom. The fourth-order valence-corrected chi connectivity index (χ4v) is 4.64.